The average molecular weight is 438 g/mol. The van der Waals surface area contributed by atoms with E-state index in [1.807, 2.05) is 0 Å². The van der Waals surface area contributed by atoms with Gasteiger partial charge in [0.1, 0.15) is 0 Å². The zero-order chi connectivity index (χ0) is 29.5. The summed E-state index contributed by atoms with van der Waals surface area (Å²) in [5, 5.41) is 2.48. The summed E-state index contributed by atoms with van der Waals surface area (Å²) in [7, 11) is 0. The van der Waals surface area contributed by atoms with Crippen LogP contribution >= 0.6 is 23.2 Å². The molecule has 0 bridgehead atoms. The van der Waals surface area contributed by atoms with E-state index in [1.165, 1.54) is 0 Å². The number of piperazine rings is 1. The summed E-state index contributed by atoms with van der Waals surface area (Å²) in [5.74, 6) is 0.0242. The van der Waals surface area contributed by atoms with E-state index in [-0.39, 0.29) is 51.1 Å². The van der Waals surface area contributed by atoms with Crippen LogP contribution in [-0.2, 0) is 0 Å². The maximum atomic E-state index is 12.4. The summed E-state index contributed by atoms with van der Waals surface area (Å²) in [6.45, 7) is -6.42. The molecule has 0 atom stereocenters. The van der Waals surface area contributed by atoms with Gasteiger partial charge in [0.25, 0.3) is 0 Å². The highest BCUT2D eigenvalue weighted by Crippen LogP contribution is 2.33. The van der Waals surface area contributed by atoms with Crippen LogP contribution in [0.5, 0.6) is 0 Å². The number of urea groups is 1. The van der Waals surface area contributed by atoms with Gasteiger partial charge in [-0.2, -0.15) is 0 Å². The molecule has 1 aliphatic heterocycles. The number of nitrogens with zero attached hydrogens (tertiary/aromatic N) is 3. The fourth-order valence-corrected chi connectivity index (χ4v) is 4.02. The SMILES string of the molecule is [2H]c1c([2H])c(Cl)c(Cl)c(N2CCN(C([2H])([2H])CC3CCC(NC(=O)N(C([2H])([2H])[2H])C([2H])([2H])[2H])CC3)CC2)c1[2H]. The Morgan fingerprint density at radius 1 is 1.25 bits per heavy atom. The van der Waals surface area contributed by atoms with Crippen LogP contribution in [0.4, 0.5) is 10.5 Å². The van der Waals surface area contributed by atoms with Gasteiger partial charge in [-0.1, -0.05) is 29.2 Å². The van der Waals surface area contributed by atoms with Gasteiger partial charge in [0.15, 0.2) is 0 Å². The summed E-state index contributed by atoms with van der Waals surface area (Å²) in [6, 6.07) is -2.36. The number of rotatable bonds is 5. The number of carbonyl (C=O) groups excluding carboxylic acids is 1. The van der Waals surface area contributed by atoms with Crippen molar-refractivity contribution in [2.45, 2.75) is 38.1 Å². The van der Waals surface area contributed by atoms with Crippen LogP contribution in [0.1, 0.15) is 47.2 Å². The Labute approximate surface area is 194 Å². The van der Waals surface area contributed by atoms with Crippen molar-refractivity contribution >= 4 is 34.9 Å². The fourth-order valence-electron chi connectivity index (χ4n) is 3.67. The predicted molar refractivity (Wildman–Crippen MR) is 118 cm³/mol. The van der Waals surface area contributed by atoms with Gasteiger partial charge in [-0.3, -0.25) is 4.90 Å². The van der Waals surface area contributed by atoms with Crippen LogP contribution in [0.3, 0.4) is 0 Å². The number of halogens is 2. The zero-order valence-electron chi connectivity index (χ0n) is 26.5. The largest absolute Gasteiger partial charge is 0.368 e. The normalized spacial score (nSPS) is 30.6. The lowest BCUT2D eigenvalue weighted by Crippen LogP contribution is -2.47. The molecule has 7 heteroatoms. The number of nitrogens with one attached hydrogen (secondary N) is 1. The molecule has 1 aromatic rings. The quantitative estimate of drug-likeness (QED) is 0.744. The van der Waals surface area contributed by atoms with E-state index in [0.717, 1.165) is 0 Å². The van der Waals surface area contributed by atoms with Crippen molar-refractivity contribution in [2.75, 3.05) is 51.5 Å². The maximum Gasteiger partial charge on any atom is 0.317 e. The van der Waals surface area contributed by atoms with E-state index >= 15 is 0 Å². The van der Waals surface area contributed by atoms with Crippen molar-refractivity contribution < 1.29 is 19.9 Å². The Morgan fingerprint density at radius 2 is 1.96 bits per heavy atom. The van der Waals surface area contributed by atoms with Gasteiger partial charge in [-0.15, -0.1) is 0 Å². The molecule has 0 unspecified atom stereocenters. The van der Waals surface area contributed by atoms with Crippen LogP contribution < -0.4 is 10.2 Å². The third-order valence-corrected chi connectivity index (χ3v) is 6.08. The van der Waals surface area contributed by atoms with Crippen molar-refractivity contribution in [3.05, 3.63) is 28.2 Å². The number of anilines is 1. The molecule has 1 saturated heterocycles. The van der Waals surface area contributed by atoms with E-state index < -0.39 is 32.5 Å². The van der Waals surface area contributed by atoms with Gasteiger partial charge in [0.2, 0.25) is 0 Å². The molecule has 1 saturated carbocycles. The van der Waals surface area contributed by atoms with Gasteiger partial charge >= 0.3 is 6.03 Å². The minimum Gasteiger partial charge on any atom is -0.368 e. The summed E-state index contributed by atoms with van der Waals surface area (Å²) in [4.78, 5) is 15.8. The van der Waals surface area contributed by atoms with Crippen LogP contribution in [0.15, 0.2) is 18.1 Å². The molecule has 156 valence electrons. The third kappa shape index (κ3) is 5.68. The van der Waals surface area contributed by atoms with Crippen molar-refractivity contribution in [1.29, 1.82) is 0 Å². The minimum absolute atomic E-state index is 0.0242. The second-order valence-electron chi connectivity index (χ2n) is 7.19. The number of amides is 2. The molecule has 2 aliphatic rings. The molecule has 0 spiro atoms. The van der Waals surface area contributed by atoms with Gasteiger partial charge in [0.05, 0.1) is 19.8 Å². The lowest BCUT2D eigenvalue weighted by Gasteiger charge is -2.37. The highest BCUT2D eigenvalue weighted by molar-refractivity contribution is 6.43. The first-order valence-electron chi connectivity index (χ1n) is 14.9. The first-order valence-corrected chi connectivity index (χ1v) is 10.2. The fraction of sp³-hybridized carbons (Fsp3) is 0.667. The smallest absolute Gasteiger partial charge is 0.317 e. The maximum absolute atomic E-state index is 12.4. The number of carbonyl (C=O) groups is 1. The number of benzene rings is 1. The summed E-state index contributed by atoms with van der Waals surface area (Å²) in [6.07, 6.45) is 2.39. The highest BCUT2D eigenvalue weighted by Gasteiger charge is 2.24. The van der Waals surface area contributed by atoms with Crippen LogP contribution in [0.25, 0.3) is 0 Å². The van der Waals surface area contributed by atoms with E-state index in [2.05, 4.69) is 5.32 Å². The van der Waals surface area contributed by atoms with Gasteiger partial charge < -0.3 is 15.1 Å². The number of hydrogen-bond acceptors (Lipinski definition) is 3. The van der Waals surface area contributed by atoms with Crippen molar-refractivity contribution in [1.82, 2.24) is 15.1 Å². The second-order valence-corrected chi connectivity index (χ2v) is 7.95. The molecule has 2 fully saturated rings. The second kappa shape index (κ2) is 10.0. The molecule has 1 aliphatic carbocycles. The van der Waals surface area contributed by atoms with Gasteiger partial charge in [-0.25, -0.2) is 4.79 Å². The molecular formula is C21H32Cl2N4O. The summed E-state index contributed by atoms with van der Waals surface area (Å²) in [5.41, 5.74) is 0.277. The Morgan fingerprint density at radius 3 is 2.64 bits per heavy atom. The van der Waals surface area contributed by atoms with Gasteiger partial charge in [-0.05, 0) is 56.6 Å². The lowest BCUT2D eigenvalue weighted by atomic mass is 9.84. The molecule has 5 nitrogen and oxygen atoms in total. The molecule has 28 heavy (non-hydrogen) atoms. The first-order chi connectivity index (χ1) is 17.8. The predicted octanol–water partition coefficient (Wildman–Crippen LogP) is 4.34. The van der Waals surface area contributed by atoms with Crippen LogP contribution in [0.2, 0.25) is 10.0 Å². The topological polar surface area (TPSA) is 38.8 Å². The van der Waals surface area contributed by atoms with Crippen molar-refractivity contribution in [3.63, 3.8) is 0 Å². The van der Waals surface area contributed by atoms with Crippen LogP contribution in [0, 0.1) is 5.92 Å². The summed E-state index contributed by atoms with van der Waals surface area (Å²) >= 11 is 12.4. The van der Waals surface area contributed by atoms with Crippen LogP contribution in [-0.4, -0.2) is 68.5 Å². The highest BCUT2D eigenvalue weighted by atomic mass is 35.5. The molecule has 0 radical (unpaired) electrons. The molecule has 3 rings (SSSR count). The molecule has 1 N–H and O–H groups in total. The van der Waals surface area contributed by atoms with Crippen molar-refractivity contribution in [3.8, 4) is 0 Å². The van der Waals surface area contributed by atoms with Crippen molar-refractivity contribution in [2.24, 2.45) is 5.92 Å². The standard InChI is InChI=1S/C21H32Cl2N4O/c1-25(2)21(28)24-17-8-6-16(7-9-17)10-11-26-12-14-27(15-13-26)19-5-3-4-18(22)20(19)23/h3-5,16-17H,6-15H2,1-2H3,(H,24,28)/i1D3,2D3,3D,4D,5D,11D2. The Kier molecular flexibility index (Phi) is 4.05. The first kappa shape index (κ1) is 11.3. The molecule has 0 aromatic heterocycles. The van der Waals surface area contributed by atoms with Gasteiger partial charge in [0, 0.05) is 57.1 Å². The van der Waals surface area contributed by atoms with E-state index in [1.54, 1.807) is 9.80 Å². The Balaban J connectivity index is 1.54. The number of hydrogen-bond donors (Lipinski definition) is 1. The molecular weight excluding hydrogens is 395 g/mol. The lowest BCUT2D eigenvalue weighted by molar-refractivity contribution is 0.194. The monoisotopic (exact) mass is 437 g/mol. The molecule has 2 amide bonds. The Bertz CT molecular complexity index is 1010. The molecule has 1 aromatic carbocycles. The third-order valence-electron chi connectivity index (χ3n) is 5.33. The summed E-state index contributed by atoms with van der Waals surface area (Å²) < 4.78 is 85.7. The van der Waals surface area contributed by atoms with E-state index in [9.17, 15) is 4.79 Å². The Hall–Kier alpha value is -1.17. The zero-order valence-corrected chi connectivity index (χ0v) is 17.0. The molecule has 1 heterocycles. The van der Waals surface area contributed by atoms with E-state index in [4.69, 9.17) is 38.3 Å². The average Bonchev–Trinajstić information content (AvgIpc) is 2.81. The van der Waals surface area contributed by atoms with E-state index in [0.29, 0.717) is 51.9 Å². The minimum atomic E-state index is -3.11.